The predicted molar refractivity (Wildman–Crippen MR) is 80.0 cm³/mol. The van der Waals surface area contributed by atoms with E-state index in [1.807, 2.05) is 0 Å². The molecule has 0 bridgehead atoms. The maximum Gasteiger partial charge on any atom is 0.249 e. The van der Waals surface area contributed by atoms with E-state index in [1.165, 1.54) is 31.4 Å². The van der Waals surface area contributed by atoms with E-state index >= 15 is 0 Å². The molecule has 0 amide bonds. The zero-order valence-corrected chi connectivity index (χ0v) is 11.7. The zero-order chi connectivity index (χ0) is 14.5. The van der Waals surface area contributed by atoms with E-state index in [9.17, 15) is 4.39 Å². The third kappa shape index (κ3) is 3.87. The molecule has 1 aromatic heterocycles. The van der Waals surface area contributed by atoms with Crippen LogP contribution in [0.1, 0.15) is 32.1 Å². The fourth-order valence-corrected chi connectivity index (χ4v) is 2.58. The molecule has 1 fully saturated rings. The lowest BCUT2D eigenvalue weighted by Crippen LogP contribution is -2.23. The van der Waals surface area contributed by atoms with Crippen LogP contribution in [-0.4, -0.2) is 21.2 Å². The molecule has 0 unspecified atom stereocenters. The van der Waals surface area contributed by atoms with E-state index in [2.05, 4.69) is 25.8 Å². The van der Waals surface area contributed by atoms with E-state index in [1.54, 1.807) is 18.3 Å². The number of rotatable bonds is 4. The van der Waals surface area contributed by atoms with Crippen molar-refractivity contribution >= 4 is 17.5 Å². The lowest BCUT2D eigenvalue weighted by molar-refractivity contribution is 0.461. The Labute approximate surface area is 123 Å². The van der Waals surface area contributed by atoms with Crippen LogP contribution in [-0.2, 0) is 0 Å². The molecule has 1 heterocycles. The maximum absolute atomic E-state index is 13.1. The van der Waals surface area contributed by atoms with E-state index < -0.39 is 0 Å². The summed E-state index contributed by atoms with van der Waals surface area (Å²) in [4.78, 5) is 4.37. The Kier molecular flexibility index (Phi) is 4.23. The molecule has 0 spiro atoms. The van der Waals surface area contributed by atoms with Gasteiger partial charge in [0, 0.05) is 11.7 Å². The monoisotopic (exact) mass is 287 g/mol. The lowest BCUT2D eigenvalue weighted by Gasteiger charge is -2.23. The Morgan fingerprint density at radius 1 is 1.14 bits per heavy atom. The van der Waals surface area contributed by atoms with Crippen molar-refractivity contribution in [2.45, 2.75) is 38.1 Å². The van der Waals surface area contributed by atoms with Gasteiger partial charge in [-0.3, -0.25) is 0 Å². The quantitative estimate of drug-likeness (QED) is 0.901. The Morgan fingerprint density at radius 2 is 2.00 bits per heavy atom. The second-order valence-corrected chi connectivity index (χ2v) is 5.28. The van der Waals surface area contributed by atoms with Gasteiger partial charge in [0.05, 0.1) is 6.20 Å². The summed E-state index contributed by atoms with van der Waals surface area (Å²) in [5.74, 6) is 0.765. The van der Waals surface area contributed by atoms with Gasteiger partial charge in [-0.25, -0.2) is 4.39 Å². The SMILES string of the molecule is Fc1cccc(Nc2nncc(NC3CCCCC3)n2)c1. The van der Waals surface area contributed by atoms with Gasteiger partial charge in [0.25, 0.3) is 0 Å². The second-order valence-electron chi connectivity index (χ2n) is 5.28. The van der Waals surface area contributed by atoms with Crippen LogP contribution < -0.4 is 10.6 Å². The minimum atomic E-state index is -0.301. The van der Waals surface area contributed by atoms with Crippen molar-refractivity contribution in [2.75, 3.05) is 10.6 Å². The van der Waals surface area contributed by atoms with Crippen molar-refractivity contribution in [1.82, 2.24) is 15.2 Å². The summed E-state index contributed by atoms with van der Waals surface area (Å²) in [6.45, 7) is 0. The highest BCUT2D eigenvalue weighted by Gasteiger charge is 2.14. The first-order valence-corrected chi connectivity index (χ1v) is 7.28. The van der Waals surface area contributed by atoms with Crippen LogP contribution in [0.5, 0.6) is 0 Å². The topological polar surface area (TPSA) is 62.7 Å². The lowest BCUT2D eigenvalue weighted by atomic mass is 9.96. The summed E-state index contributed by atoms with van der Waals surface area (Å²) >= 11 is 0. The highest BCUT2D eigenvalue weighted by molar-refractivity contribution is 5.53. The summed E-state index contributed by atoms with van der Waals surface area (Å²) in [5, 5.41) is 14.2. The van der Waals surface area contributed by atoms with Gasteiger partial charge in [-0.1, -0.05) is 25.3 Å². The molecule has 2 aromatic rings. The Balaban J connectivity index is 1.67. The number of halogens is 1. The highest BCUT2D eigenvalue weighted by Crippen LogP contribution is 2.21. The molecule has 0 saturated heterocycles. The van der Waals surface area contributed by atoms with Crippen LogP contribution in [0.15, 0.2) is 30.5 Å². The minimum Gasteiger partial charge on any atom is -0.366 e. The number of nitrogens with zero attached hydrogens (tertiary/aromatic N) is 3. The standard InChI is InChI=1S/C15H18FN5/c16-11-5-4-8-13(9-11)19-15-20-14(10-17-21-15)18-12-6-2-1-3-7-12/h4-5,8-10,12H,1-3,6-7H2,(H2,18,19,20,21). The number of benzene rings is 1. The molecule has 110 valence electrons. The molecule has 0 radical (unpaired) electrons. The molecule has 2 N–H and O–H groups in total. The molecule has 0 aliphatic heterocycles. The number of aromatic nitrogens is 3. The highest BCUT2D eigenvalue weighted by atomic mass is 19.1. The molecule has 1 aliphatic rings. The Hall–Kier alpha value is -2.24. The van der Waals surface area contributed by atoms with Crippen LogP contribution in [0.4, 0.5) is 21.8 Å². The van der Waals surface area contributed by atoms with Gasteiger partial charge >= 0.3 is 0 Å². The van der Waals surface area contributed by atoms with Gasteiger partial charge in [-0.15, -0.1) is 5.10 Å². The minimum absolute atomic E-state index is 0.301. The van der Waals surface area contributed by atoms with Crippen LogP contribution in [0.3, 0.4) is 0 Å². The van der Waals surface area contributed by atoms with Crippen molar-refractivity contribution in [3.05, 3.63) is 36.3 Å². The first kappa shape index (κ1) is 13.7. The van der Waals surface area contributed by atoms with Crippen LogP contribution in [0, 0.1) is 5.82 Å². The van der Waals surface area contributed by atoms with Crippen molar-refractivity contribution in [1.29, 1.82) is 0 Å². The van der Waals surface area contributed by atoms with E-state index in [0.717, 1.165) is 12.8 Å². The normalized spacial score (nSPS) is 15.7. The van der Waals surface area contributed by atoms with Crippen molar-refractivity contribution in [3.63, 3.8) is 0 Å². The molecular formula is C15H18FN5. The van der Waals surface area contributed by atoms with Gasteiger partial charge in [0.1, 0.15) is 5.82 Å². The van der Waals surface area contributed by atoms with Gasteiger partial charge in [0.15, 0.2) is 5.82 Å². The fraction of sp³-hybridized carbons (Fsp3) is 0.400. The fourth-order valence-electron chi connectivity index (χ4n) is 2.58. The van der Waals surface area contributed by atoms with Gasteiger partial charge in [0.2, 0.25) is 5.95 Å². The molecule has 1 saturated carbocycles. The van der Waals surface area contributed by atoms with E-state index in [-0.39, 0.29) is 5.82 Å². The van der Waals surface area contributed by atoms with Gasteiger partial charge in [-0.2, -0.15) is 10.1 Å². The first-order chi connectivity index (χ1) is 10.3. The van der Waals surface area contributed by atoms with Crippen molar-refractivity contribution < 1.29 is 4.39 Å². The first-order valence-electron chi connectivity index (χ1n) is 7.28. The molecule has 1 aromatic carbocycles. The molecular weight excluding hydrogens is 269 g/mol. The smallest absolute Gasteiger partial charge is 0.249 e. The molecule has 1 aliphatic carbocycles. The van der Waals surface area contributed by atoms with E-state index in [0.29, 0.717) is 23.5 Å². The third-order valence-corrected chi connectivity index (χ3v) is 3.60. The summed E-state index contributed by atoms with van der Waals surface area (Å²) in [6.07, 6.45) is 7.76. The Morgan fingerprint density at radius 3 is 2.81 bits per heavy atom. The van der Waals surface area contributed by atoms with Gasteiger partial charge < -0.3 is 10.6 Å². The van der Waals surface area contributed by atoms with Crippen molar-refractivity contribution in [3.8, 4) is 0 Å². The number of anilines is 3. The molecule has 21 heavy (non-hydrogen) atoms. The van der Waals surface area contributed by atoms with Crippen LogP contribution in [0.25, 0.3) is 0 Å². The summed E-state index contributed by atoms with van der Waals surface area (Å²) in [5.41, 5.74) is 0.603. The number of hydrogen-bond acceptors (Lipinski definition) is 5. The second kappa shape index (κ2) is 6.47. The van der Waals surface area contributed by atoms with Crippen LogP contribution >= 0.6 is 0 Å². The largest absolute Gasteiger partial charge is 0.366 e. The Bertz CT molecular complexity index is 598. The average molecular weight is 287 g/mol. The maximum atomic E-state index is 13.1. The molecule has 5 nitrogen and oxygen atoms in total. The zero-order valence-electron chi connectivity index (χ0n) is 11.7. The molecule has 3 rings (SSSR count). The summed E-state index contributed by atoms with van der Waals surface area (Å²) < 4.78 is 13.1. The van der Waals surface area contributed by atoms with E-state index in [4.69, 9.17) is 0 Å². The molecule has 0 atom stereocenters. The molecule has 6 heteroatoms. The number of nitrogens with one attached hydrogen (secondary N) is 2. The third-order valence-electron chi connectivity index (χ3n) is 3.60. The average Bonchev–Trinajstić information content (AvgIpc) is 2.49. The number of hydrogen-bond donors (Lipinski definition) is 2. The summed E-state index contributed by atoms with van der Waals surface area (Å²) in [6, 6.07) is 6.64. The predicted octanol–water partition coefficient (Wildman–Crippen LogP) is 3.50. The summed E-state index contributed by atoms with van der Waals surface area (Å²) in [7, 11) is 0. The van der Waals surface area contributed by atoms with Crippen LogP contribution in [0.2, 0.25) is 0 Å². The van der Waals surface area contributed by atoms with Gasteiger partial charge in [-0.05, 0) is 31.0 Å². The van der Waals surface area contributed by atoms with Crippen molar-refractivity contribution in [2.24, 2.45) is 0 Å².